The molecule has 0 aliphatic rings. The maximum atomic E-state index is 5.86. The Labute approximate surface area is 126 Å². The van der Waals surface area contributed by atoms with Crippen molar-refractivity contribution in [3.63, 3.8) is 0 Å². The van der Waals surface area contributed by atoms with Gasteiger partial charge in [0.25, 0.3) is 0 Å². The molecule has 0 bridgehead atoms. The van der Waals surface area contributed by atoms with Crippen LogP contribution in [0.1, 0.15) is 5.56 Å². The highest BCUT2D eigenvalue weighted by Gasteiger charge is 2.04. The number of halogens is 1. The van der Waals surface area contributed by atoms with Crippen molar-refractivity contribution in [1.29, 1.82) is 0 Å². The second-order valence-corrected chi connectivity index (χ2v) is 5.61. The summed E-state index contributed by atoms with van der Waals surface area (Å²) >= 11 is 5.16. The molecule has 0 aliphatic heterocycles. The van der Waals surface area contributed by atoms with Crippen LogP contribution in [0.5, 0.6) is 11.5 Å². The van der Waals surface area contributed by atoms with Gasteiger partial charge in [-0.05, 0) is 52.0 Å². The SMILES string of the molecule is COc1ccc(COc2ccccc2SC)cc1Br. The van der Waals surface area contributed by atoms with E-state index >= 15 is 0 Å². The maximum absolute atomic E-state index is 5.86. The van der Waals surface area contributed by atoms with Crippen LogP contribution >= 0.6 is 27.7 Å². The third-order valence-corrected chi connectivity index (χ3v) is 4.08. The summed E-state index contributed by atoms with van der Waals surface area (Å²) in [4.78, 5) is 1.15. The molecule has 0 aromatic heterocycles. The van der Waals surface area contributed by atoms with Crippen molar-refractivity contribution in [1.82, 2.24) is 0 Å². The van der Waals surface area contributed by atoms with E-state index in [4.69, 9.17) is 9.47 Å². The first-order valence-electron chi connectivity index (χ1n) is 5.83. The lowest BCUT2D eigenvalue weighted by Crippen LogP contribution is -1.97. The minimum absolute atomic E-state index is 0.542. The number of benzene rings is 2. The summed E-state index contributed by atoms with van der Waals surface area (Å²) in [6.45, 7) is 0.542. The molecule has 2 aromatic carbocycles. The lowest BCUT2D eigenvalue weighted by atomic mass is 10.2. The molecule has 0 saturated heterocycles. The lowest BCUT2D eigenvalue weighted by molar-refractivity contribution is 0.298. The highest BCUT2D eigenvalue weighted by Crippen LogP contribution is 2.29. The van der Waals surface area contributed by atoms with E-state index in [1.807, 2.05) is 42.7 Å². The van der Waals surface area contributed by atoms with Gasteiger partial charge in [-0.15, -0.1) is 11.8 Å². The molecule has 2 nitrogen and oxygen atoms in total. The van der Waals surface area contributed by atoms with Crippen LogP contribution in [-0.4, -0.2) is 13.4 Å². The predicted molar refractivity (Wildman–Crippen MR) is 83.2 cm³/mol. The van der Waals surface area contributed by atoms with Crippen molar-refractivity contribution in [2.45, 2.75) is 11.5 Å². The summed E-state index contributed by atoms with van der Waals surface area (Å²) in [5, 5.41) is 0. The lowest BCUT2D eigenvalue weighted by Gasteiger charge is -2.11. The van der Waals surface area contributed by atoms with E-state index in [-0.39, 0.29) is 0 Å². The van der Waals surface area contributed by atoms with E-state index < -0.39 is 0 Å². The number of ether oxygens (including phenoxy) is 2. The zero-order chi connectivity index (χ0) is 13.7. The van der Waals surface area contributed by atoms with E-state index in [9.17, 15) is 0 Å². The molecule has 0 unspecified atom stereocenters. The van der Waals surface area contributed by atoms with Crippen molar-refractivity contribution in [2.75, 3.05) is 13.4 Å². The Kier molecular flexibility index (Phi) is 5.16. The molecule has 100 valence electrons. The number of para-hydroxylation sites is 1. The van der Waals surface area contributed by atoms with Crippen molar-refractivity contribution in [3.05, 3.63) is 52.5 Å². The quantitative estimate of drug-likeness (QED) is 0.732. The van der Waals surface area contributed by atoms with Gasteiger partial charge in [-0.25, -0.2) is 0 Å². The number of hydrogen-bond acceptors (Lipinski definition) is 3. The molecule has 0 N–H and O–H groups in total. The van der Waals surface area contributed by atoms with Gasteiger partial charge < -0.3 is 9.47 Å². The van der Waals surface area contributed by atoms with Gasteiger partial charge in [-0.2, -0.15) is 0 Å². The average Bonchev–Trinajstić information content (AvgIpc) is 2.45. The fraction of sp³-hybridized carbons (Fsp3) is 0.200. The molecule has 0 spiro atoms. The van der Waals surface area contributed by atoms with Gasteiger partial charge in [0, 0.05) is 4.90 Å². The molecule has 0 fully saturated rings. The van der Waals surface area contributed by atoms with Crippen molar-refractivity contribution < 1.29 is 9.47 Å². The minimum atomic E-state index is 0.542. The third kappa shape index (κ3) is 3.67. The summed E-state index contributed by atoms with van der Waals surface area (Å²) in [7, 11) is 1.66. The van der Waals surface area contributed by atoms with Crippen molar-refractivity contribution >= 4 is 27.7 Å². The molecule has 0 heterocycles. The highest BCUT2D eigenvalue weighted by atomic mass is 79.9. The normalized spacial score (nSPS) is 10.3. The summed E-state index contributed by atoms with van der Waals surface area (Å²) in [6, 6.07) is 14.0. The average molecular weight is 339 g/mol. The molecule has 2 aromatic rings. The zero-order valence-electron chi connectivity index (χ0n) is 10.9. The fourth-order valence-electron chi connectivity index (χ4n) is 1.70. The van der Waals surface area contributed by atoms with Gasteiger partial charge in [0.2, 0.25) is 0 Å². The second-order valence-electron chi connectivity index (χ2n) is 3.91. The topological polar surface area (TPSA) is 18.5 Å². The van der Waals surface area contributed by atoms with Gasteiger partial charge in [0.15, 0.2) is 0 Å². The molecule has 0 amide bonds. The molecule has 19 heavy (non-hydrogen) atoms. The Morgan fingerprint density at radius 3 is 2.58 bits per heavy atom. The first-order chi connectivity index (χ1) is 9.24. The number of methoxy groups -OCH3 is 1. The predicted octanol–water partition coefficient (Wildman–Crippen LogP) is 4.76. The Bertz CT molecular complexity index is 558. The van der Waals surface area contributed by atoms with Crippen LogP contribution in [0.3, 0.4) is 0 Å². The molecule has 0 atom stereocenters. The molecular weight excluding hydrogens is 324 g/mol. The largest absolute Gasteiger partial charge is 0.496 e. The molecular formula is C15H15BrO2S. The molecule has 4 heteroatoms. The Morgan fingerprint density at radius 1 is 1.11 bits per heavy atom. The number of hydrogen-bond donors (Lipinski definition) is 0. The van der Waals surface area contributed by atoms with Gasteiger partial charge in [0.05, 0.1) is 11.6 Å². The van der Waals surface area contributed by atoms with Gasteiger partial charge >= 0.3 is 0 Å². The van der Waals surface area contributed by atoms with E-state index in [2.05, 4.69) is 22.0 Å². The van der Waals surface area contributed by atoms with Crippen molar-refractivity contribution in [3.8, 4) is 11.5 Å². The summed E-state index contributed by atoms with van der Waals surface area (Å²) < 4.78 is 12.0. The second kappa shape index (κ2) is 6.87. The van der Waals surface area contributed by atoms with Crippen LogP contribution in [0.25, 0.3) is 0 Å². The van der Waals surface area contributed by atoms with E-state index in [1.54, 1.807) is 18.9 Å². The van der Waals surface area contributed by atoms with Crippen LogP contribution in [-0.2, 0) is 6.61 Å². The van der Waals surface area contributed by atoms with Crippen LogP contribution in [0.15, 0.2) is 51.8 Å². The van der Waals surface area contributed by atoms with E-state index in [1.165, 1.54) is 0 Å². The first kappa shape index (κ1) is 14.3. The van der Waals surface area contributed by atoms with Crippen LogP contribution in [0.4, 0.5) is 0 Å². The van der Waals surface area contributed by atoms with E-state index in [0.717, 1.165) is 26.4 Å². The number of rotatable bonds is 5. The molecule has 0 aliphatic carbocycles. The zero-order valence-corrected chi connectivity index (χ0v) is 13.3. The first-order valence-corrected chi connectivity index (χ1v) is 7.84. The molecule has 0 saturated carbocycles. The maximum Gasteiger partial charge on any atom is 0.133 e. The standard InChI is InChI=1S/C15H15BrO2S/c1-17-13-8-7-11(9-12(13)16)10-18-14-5-3-4-6-15(14)19-2/h3-9H,10H2,1-2H3. The monoisotopic (exact) mass is 338 g/mol. The van der Waals surface area contributed by atoms with E-state index in [0.29, 0.717) is 6.61 Å². The smallest absolute Gasteiger partial charge is 0.133 e. The summed E-state index contributed by atoms with van der Waals surface area (Å²) in [5.74, 6) is 1.75. The van der Waals surface area contributed by atoms with Gasteiger partial charge in [-0.1, -0.05) is 18.2 Å². The Morgan fingerprint density at radius 2 is 1.89 bits per heavy atom. The fourth-order valence-corrected chi connectivity index (χ4v) is 2.83. The number of thioether (sulfide) groups is 1. The Balaban J connectivity index is 2.08. The minimum Gasteiger partial charge on any atom is -0.496 e. The summed E-state index contributed by atoms with van der Waals surface area (Å²) in [6.07, 6.45) is 2.05. The summed E-state index contributed by atoms with van der Waals surface area (Å²) in [5.41, 5.74) is 1.10. The third-order valence-electron chi connectivity index (χ3n) is 2.68. The van der Waals surface area contributed by atoms with Crippen LogP contribution in [0, 0.1) is 0 Å². The van der Waals surface area contributed by atoms with Gasteiger partial charge in [-0.3, -0.25) is 0 Å². The highest BCUT2D eigenvalue weighted by molar-refractivity contribution is 9.10. The molecule has 0 radical (unpaired) electrons. The van der Waals surface area contributed by atoms with Crippen LogP contribution < -0.4 is 9.47 Å². The molecule has 2 rings (SSSR count). The van der Waals surface area contributed by atoms with Crippen molar-refractivity contribution in [2.24, 2.45) is 0 Å². The van der Waals surface area contributed by atoms with Gasteiger partial charge in [0.1, 0.15) is 18.1 Å². The Hall–Kier alpha value is -1.13. The van der Waals surface area contributed by atoms with Crippen LogP contribution in [0.2, 0.25) is 0 Å².